The lowest BCUT2D eigenvalue weighted by molar-refractivity contribution is -0.119. The molecular formula is C21H23N3O4S. The van der Waals surface area contributed by atoms with Crippen LogP contribution in [0.15, 0.2) is 47.4 Å². The Hall–Kier alpha value is -2.87. The second-order valence-electron chi connectivity index (χ2n) is 7.39. The number of hydrogen-bond donors (Lipinski definition) is 2. The molecule has 29 heavy (non-hydrogen) atoms. The van der Waals surface area contributed by atoms with Gasteiger partial charge in [0.15, 0.2) is 0 Å². The van der Waals surface area contributed by atoms with E-state index < -0.39 is 10.0 Å². The standard InChI is InChI=1S/C21H23N3O4S/c1-2-20(25)22-16-7-9-18(10-8-16)29(27,28)23-17-6-5-14-11-12-24(19(14)13-17)21(26)15-3-4-15/h5-10,13,15,23H,2-4,11-12H2,1H3,(H,22,25). The zero-order valence-electron chi connectivity index (χ0n) is 16.1. The minimum Gasteiger partial charge on any atom is -0.326 e. The smallest absolute Gasteiger partial charge is 0.261 e. The number of nitrogens with one attached hydrogen (secondary N) is 2. The maximum absolute atomic E-state index is 12.7. The van der Waals surface area contributed by atoms with Crippen molar-refractivity contribution in [2.75, 3.05) is 21.5 Å². The van der Waals surface area contributed by atoms with Gasteiger partial charge in [-0.25, -0.2) is 8.42 Å². The van der Waals surface area contributed by atoms with Gasteiger partial charge in [0.25, 0.3) is 10.0 Å². The van der Waals surface area contributed by atoms with Gasteiger partial charge in [0.1, 0.15) is 0 Å². The van der Waals surface area contributed by atoms with Crippen LogP contribution < -0.4 is 14.9 Å². The molecule has 8 heteroatoms. The van der Waals surface area contributed by atoms with Crippen molar-refractivity contribution < 1.29 is 18.0 Å². The summed E-state index contributed by atoms with van der Waals surface area (Å²) in [4.78, 5) is 25.8. The predicted molar refractivity (Wildman–Crippen MR) is 111 cm³/mol. The molecule has 2 aromatic carbocycles. The highest BCUT2D eigenvalue weighted by atomic mass is 32.2. The van der Waals surface area contributed by atoms with Crippen molar-refractivity contribution in [1.82, 2.24) is 0 Å². The summed E-state index contributed by atoms with van der Waals surface area (Å²) >= 11 is 0. The zero-order chi connectivity index (χ0) is 20.6. The number of fused-ring (bicyclic) bond motifs is 1. The van der Waals surface area contributed by atoms with Crippen molar-refractivity contribution in [1.29, 1.82) is 0 Å². The highest BCUT2D eigenvalue weighted by Crippen LogP contribution is 2.37. The fourth-order valence-electron chi connectivity index (χ4n) is 3.40. The van der Waals surface area contributed by atoms with Crippen LogP contribution in [0.3, 0.4) is 0 Å². The summed E-state index contributed by atoms with van der Waals surface area (Å²) in [6.45, 7) is 2.39. The van der Waals surface area contributed by atoms with Crippen LogP contribution in [0.25, 0.3) is 0 Å². The summed E-state index contributed by atoms with van der Waals surface area (Å²) in [5.41, 5.74) is 2.81. The molecule has 2 N–H and O–H groups in total. The summed E-state index contributed by atoms with van der Waals surface area (Å²) in [6, 6.07) is 11.3. The first-order chi connectivity index (χ1) is 13.9. The molecule has 2 amide bonds. The van der Waals surface area contributed by atoms with E-state index in [4.69, 9.17) is 0 Å². The van der Waals surface area contributed by atoms with Gasteiger partial charge in [-0.15, -0.1) is 0 Å². The molecule has 0 atom stereocenters. The fourth-order valence-corrected chi connectivity index (χ4v) is 4.45. The molecule has 7 nitrogen and oxygen atoms in total. The summed E-state index contributed by atoms with van der Waals surface area (Å²) in [5.74, 6) is 0.114. The number of carbonyl (C=O) groups excluding carboxylic acids is 2. The highest BCUT2D eigenvalue weighted by Gasteiger charge is 2.36. The molecule has 0 aromatic heterocycles. The van der Waals surface area contributed by atoms with Gasteiger partial charge >= 0.3 is 0 Å². The fraction of sp³-hybridized carbons (Fsp3) is 0.333. The number of rotatable bonds is 6. The average molecular weight is 413 g/mol. The van der Waals surface area contributed by atoms with E-state index in [-0.39, 0.29) is 22.6 Å². The maximum atomic E-state index is 12.7. The van der Waals surface area contributed by atoms with E-state index in [9.17, 15) is 18.0 Å². The predicted octanol–water partition coefficient (Wildman–Crippen LogP) is 3.14. The number of nitrogens with zero attached hydrogens (tertiary/aromatic N) is 1. The van der Waals surface area contributed by atoms with Crippen molar-refractivity contribution in [3.05, 3.63) is 48.0 Å². The van der Waals surface area contributed by atoms with Crippen LogP contribution in [0.5, 0.6) is 0 Å². The van der Waals surface area contributed by atoms with E-state index in [0.717, 1.165) is 30.5 Å². The monoisotopic (exact) mass is 413 g/mol. The first-order valence-electron chi connectivity index (χ1n) is 9.74. The van der Waals surface area contributed by atoms with Crippen molar-refractivity contribution in [3.63, 3.8) is 0 Å². The van der Waals surface area contributed by atoms with Gasteiger partial charge in [0.2, 0.25) is 11.8 Å². The number of sulfonamides is 1. The first-order valence-corrected chi connectivity index (χ1v) is 11.2. The van der Waals surface area contributed by atoms with Gasteiger partial charge in [0, 0.05) is 30.3 Å². The van der Waals surface area contributed by atoms with Crippen LogP contribution in [0.4, 0.5) is 17.1 Å². The van der Waals surface area contributed by atoms with Crippen LogP contribution in [0.2, 0.25) is 0 Å². The molecule has 4 rings (SSSR count). The molecule has 2 aliphatic rings. The molecule has 0 radical (unpaired) electrons. The lowest BCUT2D eigenvalue weighted by Crippen LogP contribution is -2.30. The summed E-state index contributed by atoms with van der Waals surface area (Å²) in [5, 5.41) is 2.69. The summed E-state index contributed by atoms with van der Waals surface area (Å²) in [7, 11) is -3.79. The van der Waals surface area contributed by atoms with Crippen molar-refractivity contribution in [2.45, 2.75) is 37.5 Å². The molecule has 0 spiro atoms. The molecule has 0 unspecified atom stereocenters. The van der Waals surface area contributed by atoms with Crippen molar-refractivity contribution in [3.8, 4) is 0 Å². The van der Waals surface area contributed by atoms with Crippen LogP contribution in [-0.2, 0) is 26.0 Å². The van der Waals surface area contributed by atoms with E-state index in [0.29, 0.717) is 24.3 Å². The van der Waals surface area contributed by atoms with Gasteiger partial charge in [-0.3, -0.25) is 14.3 Å². The number of carbonyl (C=O) groups is 2. The van der Waals surface area contributed by atoms with Crippen molar-refractivity contribution >= 4 is 38.9 Å². The minimum absolute atomic E-state index is 0.0957. The Bertz CT molecular complexity index is 1060. The SMILES string of the molecule is CCC(=O)Nc1ccc(S(=O)(=O)Nc2ccc3c(c2)N(C(=O)C2CC2)CC3)cc1. The molecule has 0 bridgehead atoms. The molecule has 152 valence electrons. The molecule has 1 aliphatic heterocycles. The Morgan fingerprint density at radius 3 is 2.41 bits per heavy atom. The topological polar surface area (TPSA) is 95.6 Å². The largest absolute Gasteiger partial charge is 0.326 e. The quantitative estimate of drug-likeness (QED) is 0.761. The van der Waals surface area contributed by atoms with Gasteiger partial charge in [0.05, 0.1) is 10.6 Å². The van der Waals surface area contributed by atoms with Crippen LogP contribution in [0, 0.1) is 5.92 Å². The van der Waals surface area contributed by atoms with E-state index in [1.165, 1.54) is 12.1 Å². The van der Waals surface area contributed by atoms with Crippen LogP contribution >= 0.6 is 0 Å². The molecule has 1 heterocycles. The molecule has 2 aromatic rings. The Balaban J connectivity index is 1.52. The third-order valence-corrected chi connectivity index (χ3v) is 6.59. The Morgan fingerprint density at radius 2 is 1.76 bits per heavy atom. The van der Waals surface area contributed by atoms with Gasteiger partial charge in [-0.05, 0) is 61.2 Å². The number of anilines is 3. The second kappa shape index (κ2) is 7.51. The lowest BCUT2D eigenvalue weighted by Gasteiger charge is -2.18. The Labute approximate surface area is 170 Å². The Kier molecular flexibility index (Phi) is 5.04. The van der Waals surface area contributed by atoms with Gasteiger partial charge in [-0.2, -0.15) is 0 Å². The van der Waals surface area contributed by atoms with E-state index >= 15 is 0 Å². The van der Waals surface area contributed by atoms with Crippen LogP contribution in [-0.4, -0.2) is 26.8 Å². The normalized spacial score (nSPS) is 15.7. The highest BCUT2D eigenvalue weighted by molar-refractivity contribution is 7.92. The molecule has 1 fully saturated rings. The number of hydrogen-bond acceptors (Lipinski definition) is 4. The van der Waals surface area contributed by atoms with E-state index in [1.807, 2.05) is 6.07 Å². The van der Waals surface area contributed by atoms with Gasteiger partial charge < -0.3 is 10.2 Å². The first kappa shape index (κ1) is 19.4. The third kappa shape index (κ3) is 4.12. The third-order valence-electron chi connectivity index (χ3n) is 5.20. The van der Waals surface area contributed by atoms with E-state index in [1.54, 1.807) is 36.1 Å². The summed E-state index contributed by atoms with van der Waals surface area (Å²) in [6.07, 6.45) is 3.00. The zero-order valence-corrected chi connectivity index (χ0v) is 17.0. The summed E-state index contributed by atoms with van der Waals surface area (Å²) < 4.78 is 28.1. The maximum Gasteiger partial charge on any atom is 0.261 e. The molecular weight excluding hydrogens is 390 g/mol. The number of amides is 2. The minimum atomic E-state index is -3.79. The van der Waals surface area contributed by atoms with Crippen molar-refractivity contribution in [2.24, 2.45) is 5.92 Å². The molecule has 0 saturated heterocycles. The molecule has 1 aliphatic carbocycles. The van der Waals surface area contributed by atoms with E-state index in [2.05, 4.69) is 10.0 Å². The number of benzene rings is 2. The Morgan fingerprint density at radius 1 is 1.07 bits per heavy atom. The van der Waals surface area contributed by atoms with Gasteiger partial charge in [-0.1, -0.05) is 13.0 Å². The molecule has 1 saturated carbocycles. The lowest BCUT2D eigenvalue weighted by atomic mass is 10.1. The van der Waals surface area contributed by atoms with Crippen LogP contribution in [0.1, 0.15) is 31.7 Å². The average Bonchev–Trinajstić information content (AvgIpc) is 3.47. The second-order valence-corrected chi connectivity index (χ2v) is 9.07.